The quantitative estimate of drug-likeness (QED) is 0.0576. The van der Waals surface area contributed by atoms with Crippen LogP contribution in [-0.4, -0.2) is 60.7 Å². The van der Waals surface area contributed by atoms with E-state index >= 15 is 0 Å². The molecule has 3 N–H and O–H groups in total. The standard InChI is InChI=1S/C33H52N2O5S.C3H8.C2H6/c1-5-6-7-8-9-10-11-12-13-14-15-16-17-18-19-20-21-22-23-30(37)40-28-33(2,3)31(38)32(39)35-25-24-29(36)34-26-27-41-4;1-3-2;1-2/h6-7,9-10,12-13,15-16,18-19,21-22,31,38H,5,8,11,14,17,20,23-28H2,1-4H3,(H,34,36)(H,35,39);3H2,1-2H3;1-2H3/b7-6-,10-9-,13-12-,16-15-,19-18-,22-21-;;/t31-;;/m0../s1. The number of thioether (sulfide) groups is 1. The molecule has 0 aromatic carbocycles. The first-order chi connectivity index (χ1) is 22.2. The molecule has 1 atom stereocenters. The Labute approximate surface area is 286 Å². The second kappa shape index (κ2) is 36.6. The van der Waals surface area contributed by atoms with Gasteiger partial charge in [-0.15, -0.1) is 0 Å². The largest absolute Gasteiger partial charge is 0.465 e. The molecule has 0 spiro atoms. The summed E-state index contributed by atoms with van der Waals surface area (Å²) in [6, 6.07) is 0. The Balaban J connectivity index is -0.00000347. The maximum Gasteiger partial charge on any atom is 0.309 e. The molecule has 0 saturated heterocycles. The second-order valence-corrected chi connectivity index (χ2v) is 11.7. The van der Waals surface area contributed by atoms with Gasteiger partial charge in [0.05, 0.1) is 13.0 Å². The van der Waals surface area contributed by atoms with Crippen molar-refractivity contribution >= 4 is 29.5 Å². The van der Waals surface area contributed by atoms with Crippen molar-refractivity contribution in [1.29, 1.82) is 0 Å². The van der Waals surface area contributed by atoms with Crippen LogP contribution in [0.25, 0.3) is 0 Å². The first-order valence-corrected chi connectivity index (χ1v) is 18.3. The lowest BCUT2D eigenvalue weighted by atomic mass is 9.87. The van der Waals surface area contributed by atoms with Crippen LogP contribution in [0, 0.1) is 5.41 Å². The minimum atomic E-state index is -1.37. The Morgan fingerprint density at radius 3 is 1.61 bits per heavy atom. The number of allylic oxidation sites excluding steroid dienone is 11. The van der Waals surface area contributed by atoms with Crippen molar-refractivity contribution in [2.24, 2.45) is 5.41 Å². The van der Waals surface area contributed by atoms with Gasteiger partial charge in [0.25, 0.3) is 0 Å². The lowest BCUT2D eigenvalue weighted by Crippen LogP contribution is -2.47. The van der Waals surface area contributed by atoms with Crippen molar-refractivity contribution < 1.29 is 24.2 Å². The van der Waals surface area contributed by atoms with Crippen LogP contribution >= 0.6 is 11.8 Å². The van der Waals surface area contributed by atoms with Gasteiger partial charge in [-0.1, -0.05) is 128 Å². The highest BCUT2D eigenvalue weighted by Crippen LogP contribution is 2.21. The monoisotopic (exact) mass is 662 g/mol. The summed E-state index contributed by atoms with van der Waals surface area (Å²) in [4.78, 5) is 36.0. The first kappa shape index (κ1) is 47.6. The van der Waals surface area contributed by atoms with Crippen molar-refractivity contribution in [2.45, 2.75) is 112 Å². The summed E-state index contributed by atoms with van der Waals surface area (Å²) in [5.41, 5.74) is -0.973. The Morgan fingerprint density at radius 2 is 1.17 bits per heavy atom. The summed E-state index contributed by atoms with van der Waals surface area (Å²) in [5, 5.41) is 15.7. The van der Waals surface area contributed by atoms with Crippen molar-refractivity contribution in [3.63, 3.8) is 0 Å². The van der Waals surface area contributed by atoms with Gasteiger partial charge in [-0.3, -0.25) is 14.4 Å². The molecule has 0 fully saturated rings. The molecule has 46 heavy (non-hydrogen) atoms. The fourth-order valence-electron chi connectivity index (χ4n) is 3.24. The minimum Gasteiger partial charge on any atom is -0.465 e. The molecule has 8 heteroatoms. The Hall–Kier alpha value is -2.84. The smallest absolute Gasteiger partial charge is 0.309 e. The number of amides is 2. The molecule has 7 nitrogen and oxygen atoms in total. The lowest BCUT2D eigenvalue weighted by molar-refractivity contribution is -0.152. The normalized spacial score (nSPS) is 12.5. The Kier molecular flexibility index (Phi) is 37.9. The number of aliphatic hydroxyl groups is 1. The van der Waals surface area contributed by atoms with Crippen molar-refractivity contribution in [3.05, 3.63) is 72.9 Å². The van der Waals surface area contributed by atoms with Gasteiger partial charge in [0.2, 0.25) is 11.8 Å². The molecule has 0 aromatic heterocycles. The zero-order valence-corrected chi connectivity index (χ0v) is 31.0. The Morgan fingerprint density at radius 1 is 0.739 bits per heavy atom. The van der Waals surface area contributed by atoms with Crippen molar-refractivity contribution in [3.8, 4) is 0 Å². The number of ether oxygens (including phenoxy) is 1. The molecule has 0 aromatic rings. The average Bonchev–Trinajstić information content (AvgIpc) is 3.04. The maximum absolute atomic E-state index is 12.3. The van der Waals surface area contributed by atoms with E-state index in [1.165, 1.54) is 6.42 Å². The van der Waals surface area contributed by atoms with Gasteiger partial charge in [0.15, 0.2) is 0 Å². The van der Waals surface area contributed by atoms with Crippen LogP contribution in [0.4, 0.5) is 0 Å². The number of esters is 1. The van der Waals surface area contributed by atoms with Crippen LogP contribution in [0.15, 0.2) is 72.9 Å². The fraction of sp³-hybridized carbons (Fsp3) is 0.605. The molecule has 264 valence electrons. The van der Waals surface area contributed by atoms with E-state index in [-0.39, 0.29) is 31.9 Å². The number of aliphatic hydroxyl groups excluding tert-OH is 1. The zero-order chi connectivity index (χ0) is 35.3. The summed E-state index contributed by atoms with van der Waals surface area (Å²) >= 11 is 1.63. The number of hydrogen-bond acceptors (Lipinski definition) is 6. The highest BCUT2D eigenvalue weighted by molar-refractivity contribution is 7.98. The van der Waals surface area contributed by atoms with Crippen molar-refractivity contribution in [1.82, 2.24) is 10.6 Å². The summed E-state index contributed by atoms with van der Waals surface area (Å²) < 4.78 is 5.27. The molecule has 2 amide bonds. The zero-order valence-electron chi connectivity index (χ0n) is 30.2. The first-order valence-electron chi connectivity index (χ1n) is 16.9. The third kappa shape index (κ3) is 34.0. The van der Waals surface area contributed by atoms with Gasteiger partial charge < -0.3 is 20.5 Å². The molecule has 0 radical (unpaired) electrons. The molecule has 0 unspecified atom stereocenters. The van der Waals surface area contributed by atoms with E-state index < -0.39 is 23.4 Å². The third-order valence-corrected chi connectivity index (χ3v) is 6.37. The number of carbonyl (C=O) groups is 3. The Bertz CT molecular complexity index is 920. The van der Waals surface area contributed by atoms with Crippen LogP contribution < -0.4 is 10.6 Å². The number of nitrogens with one attached hydrogen (secondary N) is 2. The number of rotatable bonds is 23. The highest BCUT2D eigenvalue weighted by atomic mass is 32.2. The van der Waals surface area contributed by atoms with Crippen LogP contribution in [0.3, 0.4) is 0 Å². The molecule has 0 bridgehead atoms. The van der Waals surface area contributed by atoms with E-state index in [9.17, 15) is 19.5 Å². The summed E-state index contributed by atoms with van der Waals surface area (Å²) in [6.45, 7) is 14.3. The van der Waals surface area contributed by atoms with Crippen LogP contribution in [0.2, 0.25) is 0 Å². The predicted molar refractivity (Wildman–Crippen MR) is 200 cm³/mol. The number of carbonyl (C=O) groups excluding carboxylic acids is 3. The van der Waals surface area contributed by atoms with E-state index in [1.54, 1.807) is 31.7 Å². The van der Waals surface area contributed by atoms with E-state index in [4.69, 9.17) is 4.74 Å². The van der Waals surface area contributed by atoms with Gasteiger partial charge in [-0.05, 0) is 44.8 Å². The van der Waals surface area contributed by atoms with E-state index in [1.807, 2.05) is 32.3 Å². The lowest BCUT2D eigenvalue weighted by Gasteiger charge is -2.28. The highest BCUT2D eigenvalue weighted by Gasteiger charge is 2.34. The third-order valence-electron chi connectivity index (χ3n) is 5.75. The summed E-state index contributed by atoms with van der Waals surface area (Å²) in [5.74, 6) is -0.354. The molecular weight excluding hydrogens is 596 g/mol. The van der Waals surface area contributed by atoms with Crippen LogP contribution in [0.5, 0.6) is 0 Å². The summed E-state index contributed by atoms with van der Waals surface area (Å²) in [7, 11) is 0. The van der Waals surface area contributed by atoms with Crippen molar-refractivity contribution in [2.75, 3.05) is 31.7 Å². The molecule has 0 aliphatic carbocycles. The van der Waals surface area contributed by atoms with E-state index in [2.05, 4.69) is 86.1 Å². The van der Waals surface area contributed by atoms with Crippen LogP contribution in [-0.2, 0) is 19.1 Å². The van der Waals surface area contributed by atoms with Gasteiger partial charge in [-0.25, -0.2) is 0 Å². The molecule has 0 heterocycles. The number of hydrogen-bond donors (Lipinski definition) is 3. The van der Waals surface area contributed by atoms with Gasteiger partial charge >= 0.3 is 5.97 Å². The summed E-state index contributed by atoms with van der Waals surface area (Å²) in [6.07, 6.45) is 32.8. The second-order valence-electron chi connectivity index (χ2n) is 10.8. The average molecular weight is 663 g/mol. The maximum atomic E-state index is 12.3. The molecule has 0 aliphatic heterocycles. The molecular formula is C38H66N2O5S. The van der Waals surface area contributed by atoms with Gasteiger partial charge in [-0.2, -0.15) is 11.8 Å². The van der Waals surface area contributed by atoms with Gasteiger partial charge in [0.1, 0.15) is 6.10 Å². The van der Waals surface area contributed by atoms with E-state index in [0.717, 1.165) is 44.3 Å². The minimum absolute atomic E-state index is 0.0990. The van der Waals surface area contributed by atoms with Gasteiger partial charge in [0, 0.05) is 30.7 Å². The molecule has 0 saturated carbocycles. The topological polar surface area (TPSA) is 105 Å². The fourth-order valence-corrected chi connectivity index (χ4v) is 3.54. The molecule has 0 aliphatic rings. The van der Waals surface area contributed by atoms with Crippen LogP contribution in [0.1, 0.15) is 106 Å². The molecule has 0 rings (SSSR count). The predicted octanol–water partition coefficient (Wildman–Crippen LogP) is 8.43. The van der Waals surface area contributed by atoms with E-state index in [0.29, 0.717) is 6.54 Å². The SMILES string of the molecule is CC.CC/C=C\C/C=C\C/C=C\C/C=C\C/C=C\C/C=C\CC(=O)OCC(C)(C)[C@@H](O)C(=O)NCCC(=O)NCCSC.CCC.